The normalized spacial score (nSPS) is 25.2. The van der Waals surface area contributed by atoms with Crippen LogP contribution < -0.4 is 11.2 Å². The molecule has 1 aromatic heterocycles. The average Bonchev–Trinajstić information content (AvgIpc) is 2.96. The van der Waals surface area contributed by atoms with Crippen molar-refractivity contribution < 1.29 is 18.4 Å². The molecule has 1 aromatic rings. The van der Waals surface area contributed by atoms with Crippen molar-refractivity contribution in [3.8, 4) is 0 Å². The van der Waals surface area contributed by atoms with E-state index in [4.69, 9.17) is 13.6 Å². The van der Waals surface area contributed by atoms with Crippen molar-refractivity contribution in [1.29, 1.82) is 0 Å². The van der Waals surface area contributed by atoms with E-state index in [1.807, 2.05) is 0 Å². The Morgan fingerprint density at radius 1 is 1.12 bits per heavy atom. The van der Waals surface area contributed by atoms with E-state index in [0.29, 0.717) is 6.42 Å². The van der Waals surface area contributed by atoms with Crippen LogP contribution in [0.2, 0.25) is 36.3 Å². The highest BCUT2D eigenvalue weighted by Crippen LogP contribution is 2.45. The molecule has 0 radical (unpaired) electrons. The van der Waals surface area contributed by atoms with Crippen LogP contribution in [0.25, 0.3) is 0 Å². The number of aldehydes is 1. The molecule has 2 heterocycles. The van der Waals surface area contributed by atoms with Crippen LogP contribution in [-0.2, 0) is 18.4 Å². The van der Waals surface area contributed by atoms with Gasteiger partial charge in [0.25, 0.3) is 5.56 Å². The van der Waals surface area contributed by atoms with Gasteiger partial charge in [0.15, 0.2) is 28.5 Å². The molecule has 0 aromatic carbocycles. The fourth-order valence-electron chi connectivity index (χ4n) is 3.04. The van der Waals surface area contributed by atoms with Crippen molar-refractivity contribution in [2.24, 2.45) is 0 Å². The summed E-state index contributed by atoms with van der Waals surface area (Å²) in [6.07, 6.45) is 1.15. The van der Waals surface area contributed by atoms with E-state index in [1.165, 1.54) is 16.8 Å². The summed E-state index contributed by atoms with van der Waals surface area (Å²) in [5, 5.41) is -0.116. The van der Waals surface area contributed by atoms with Gasteiger partial charge in [0.2, 0.25) is 0 Å². The number of carbonyl (C=O) groups is 1. The van der Waals surface area contributed by atoms with Gasteiger partial charge in [-0.2, -0.15) is 0 Å². The predicted octanol–water partition coefficient (Wildman–Crippen LogP) is 3.81. The van der Waals surface area contributed by atoms with Gasteiger partial charge in [-0.05, 0) is 36.3 Å². The monoisotopic (exact) mass is 484 g/mol. The van der Waals surface area contributed by atoms with Crippen molar-refractivity contribution in [3.05, 3.63) is 33.1 Å². The van der Waals surface area contributed by atoms with Crippen LogP contribution in [0, 0.1) is 0 Å². The predicted molar refractivity (Wildman–Crippen MR) is 130 cm³/mol. The number of aromatic nitrogens is 2. The Bertz CT molecular complexity index is 941. The van der Waals surface area contributed by atoms with Gasteiger partial charge in [0.1, 0.15) is 6.23 Å². The molecule has 3 atom stereocenters. The van der Waals surface area contributed by atoms with Crippen molar-refractivity contribution in [2.75, 3.05) is 6.61 Å². The highest BCUT2D eigenvalue weighted by Gasteiger charge is 2.55. The van der Waals surface area contributed by atoms with Crippen molar-refractivity contribution in [3.63, 3.8) is 0 Å². The Morgan fingerprint density at radius 2 is 1.69 bits per heavy atom. The molecule has 1 saturated heterocycles. The molecule has 0 bridgehead atoms. The maximum Gasteiger partial charge on any atom is 0.330 e. The number of rotatable bonds is 7. The van der Waals surface area contributed by atoms with Crippen LogP contribution in [0.15, 0.2) is 21.9 Å². The minimum atomic E-state index is -2.27. The van der Waals surface area contributed by atoms with Gasteiger partial charge < -0.3 is 13.6 Å². The second kappa shape index (κ2) is 8.79. The van der Waals surface area contributed by atoms with Gasteiger partial charge in [-0.25, -0.2) is 4.79 Å². The van der Waals surface area contributed by atoms with Crippen LogP contribution in [0.3, 0.4) is 0 Å². The van der Waals surface area contributed by atoms with Gasteiger partial charge in [-0.15, -0.1) is 0 Å². The van der Waals surface area contributed by atoms with Crippen LogP contribution in [0.1, 0.15) is 54.2 Å². The number of carbonyl (C=O) groups excluding carboxylic acids is 1. The van der Waals surface area contributed by atoms with Crippen LogP contribution >= 0.6 is 0 Å². The van der Waals surface area contributed by atoms with Gasteiger partial charge in [-0.1, -0.05) is 41.5 Å². The molecule has 0 spiro atoms. The number of nitrogens with one attached hydrogen (secondary N) is 1. The van der Waals surface area contributed by atoms with Crippen molar-refractivity contribution >= 4 is 22.9 Å². The lowest BCUT2D eigenvalue weighted by atomic mass is 10.00. The van der Waals surface area contributed by atoms with Gasteiger partial charge in [0, 0.05) is 18.7 Å². The number of ether oxygens (including phenoxy) is 1. The van der Waals surface area contributed by atoms with E-state index in [9.17, 15) is 14.4 Å². The highest BCUT2D eigenvalue weighted by molar-refractivity contribution is 6.74. The molecule has 1 aliphatic rings. The summed E-state index contributed by atoms with van der Waals surface area (Å²) < 4.78 is 20.6. The third-order valence-electron chi connectivity index (χ3n) is 7.38. The van der Waals surface area contributed by atoms with E-state index < -0.39 is 45.8 Å². The Morgan fingerprint density at radius 3 is 2.16 bits per heavy atom. The molecule has 2 rings (SSSR count). The molecule has 0 saturated carbocycles. The van der Waals surface area contributed by atoms with Crippen LogP contribution in [-0.4, -0.2) is 50.8 Å². The summed E-state index contributed by atoms with van der Waals surface area (Å²) in [7, 11) is -4.45. The van der Waals surface area contributed by atoms with Crippen molar-refractivity contribution in [1.82, 2.24) is 9.55 Å². The first-order valence-corrected chi connectivity index (χ1v) is 16.9. The molecule has 0 aliphatic carbocycles. The first kappa shape index (κ1) is 26.9. The Balaban J connectivity index is 2.46. The summed E-state index contributed by atoms with van der Waals surface area (Å²) in [5.41, 5.74) is -2.41. The van der Waals surface area contributed by atoms with Gasteiger partial charge in [0.05, 0.1) is 12.7 Å². The summed E-state index contributed by atoms with van der Waals surface area (Å²) in [6, 6.07) is 1.27. The third kappa shape index (κ3) is 5.41. The Labute approximate surface area is 192 Å². The highest BCUT2D eigenvalue weighted by atomic mass is 28.4. The fourth-order valence-corrected chi connectivity index (χ4v) is 5.42. The van der Waals surface area contributed by atoms with E-state index in [1.54, 1.807) is 0 Å². The topological polar surface area (TPSA) is 99.6 Å². The molecule has 0 amide bonds. The summed E-state index contributed by atoms with van der Waals surface area (Å²) >= 11 is 0. The standard InChI is InChI=1S/C22H40N2O6Si2/c1-20(2,3)31(7,8)28-15-22(14-25)16(30-32(9,10)21(4,5)6)13-18(29-22)24-12-11-17(26)23-19(24)27/h11-12,14,16,18H,13,15H2,1-10H3,(H,23,26,27)/t16-,18+,22+/m0/s1. The fraction of sp³-hybridized carbons (Fsp3) is 0.773. The molecule has 32 heavy (non-hydrogen) atoms. The molecule has 0 unspecified atom stereocenters. The largest absolute Gasteiger partial charge is 0.413 e. The van der Waals surface area contributed by atoms with E-state index >= 15 is 0 Å². The molecule has 10 heteroatoms. The maximum absolute atomic E-state index is 12.6. The Hall–Kier alpha value is -1.34. The van der Waals surface area contributed by atoms with E-state index in [2.05, 4.69) is 72.7 Å². The SMILES string of the molecule is CC(C)(C)[Si](C)(C)OC[C@@]1(C=O)O[C@@H](n2ccc(=O)[nH]c2=O)C[C@@H]1O[Si](C)(C)C(C)(C)C. The quantitative estimate of drug-likeness (QED) is 0.467. The number of nitrogens with zero attached hydrogens (tertiary/aromatic N) is 1. The zero-order chi connectivity index (χ0) is 24.8. The van der Waals surface area contributed by atoms with Crippen LogP contribution in [0.5, 0.6) is 0 Å². The summed E-state index contributed by atoms with van der Waals surface area (Å²) in [4.78, 5) is 38.7. The van der Waals surface area contributed by atoms with Crippen LogP contribution in [0.4, 0.5) is 0 Å². The first-order chi connectivity index (χ1) is 14.4. The maximum atomic E-state index is 12.6. The smallest absolute Gasteiger partial charge is 0.330 e. The molecule has 1 aliphatic heterocycles. The average molecular weight is 485 g/mol. The number of hydrogen-bond donors (Lipinski definition) is 1. The lowest BCUT2D eigenvalue weighted by molar-refractivity contribution is -0.149. The second-order valence-electron chi connectivity index (χ2n) is 11.8. The lowest BCUT2D eigenvalue weighted by Gasteiger charge is -2.43. The summed E-state index contributed by atoms with van der Waals surface area (Å²) in [5.74, 6) is 0. The zero-order valence-corrected chi connectivity index (χ0v) is 23.2. The minimum absolute atomic E-state index is 0.0410. The molecule has 182 valence electrons. The number of aromatic amines is 1. The van der Waals surface area contributed by atoms with E-state index in [-0.39, 0.29) is 16.7 Å². The molecule has 8 nitrogen and oxygen atoms in total. The lowest BCUT2D eigenvalue weighted by Crippen LogP contribution is -2.55. The van der Waals surface area contributed by atoms with Gasteiger partial charge >= 0.3 is 5.69 Å². The third-order valence-corrected chi connectivity index (χ3v) is 16.3. The zero-order valence-electron chi connectivity index (χ0n) is 21.2. The molecule has 1 fully saturated rings. The van der Waals surface area contributed by atoms with Gasteiger partial charge in [-0.3, -0.25) is 19.1 Å². The Kier molecular flexibility index (Phi) is 7.39. The first-order valence-electron chi connectivity index (χ1n) is 11.1. The molecular weight excluding hydrogens is 444 g/mol. The number of H-pyrrole nitrogens is 1. The number of hydrogen-bond acceptors (Lipinski definition) is 6. The molecular formula is C22H40N2O6Si2. The summed E-state index contributed by atoms with van der Waals surface area (Å²) in [6.45, 7) is 21.3. The second-order valence-corrected chi connectivity index (χ2v) is 21.4. The van der Waals surface area contributed by atoms with E-state index in [0.717, 1.165) is 6.29 Å². The minimum Gasteiger partial charge on any atom is -0.413 e. The molecule has 1 N–H and O–H groups in total. The van der Waals surface area contributed by atoms with Crippen molar-refractivity contribution in [2.45, 2.75) is 102 Å².